The zero-order valence-electron chi connectivity index (χ0n) is 19.0. The molecule has 2 aromatic carbocycles. The van der Waals surface area contributed by atoms with Gasteiger partial charge in [-0.15, -0.1) is 0 Å². The minimum atomic E-state index is -4.62. The molecule has 0 spiro atoms. The Bertz CT molecular complexity index is 1310. The fourth-order valence-corrected chi connectivity index (χ4v) is 4.30. The molecule has 6 nitrogen and oxygen atoms in total. The summed E-state index contributed by atoms with van der Waals surface area (Å²) in [6, 6.07) is 10.0. The maximum absolute atomic E-state index is 13.7. The molecule has 1 heterocycles. The molecule has 2 atom stereocenters. The molecule has 0 bridgehead atoms. The molecule has 0 unspecified atom stereocenters. The number of halogens is 3. The lowest BCUT2D eigenvalue weighted by atomic mass is 9.99. The number of aromatic nitrogens is 1. The fourth-order valence-electron chi connectivity index (χ4n) is 3.67. The van der Waals surface area contributed by atoms with Gasteiger partial charge in [0.05, 0.1) is 33.9 Å². The van der Waals surface area contributed by atoms with Crippen LogP contribution in [0.2, 0.25) is 0 Å². The Morgan fingerprint density at radius 1 is 1.06 bits per heavy atom. The molecule has 10 heteroatoms. The van der Waals surface area contributed by atoms with E-state index in [0.717, 1.165) is 12.3 Å². The Morgan fingerprint density at radius 2 is 1.65 bits per heavy atom. The average molecular weight is 495 g/mol. The van der Waals surface area contributed by atoms with Gasteiger partial charge in [0.15, 0.2) is 9.84 Å². The number of alkyl halides is 3. The smallest absolute Gasteiger partial charge is 0.391 e. The number of sulfone groups is 1. The van der Waals surface area contributed by atoms with Crippen LogP contribution >= 0.6 is 0 Å². The highest BCUT2D eigenvalue weighted by Gasteiger charge is 2.35. The number of amides is 1. The third kappa shape index (κ3) is 5.18. The number of nitrogens with one attached hydrogen (secondary N) is 1. The molecule has 0 radical (unpaired) electrons. The summed E-state index contributed by atoms with van der Waals surface area (Å²) in [6.07, 6.45) is -3.02. The highest BCUT2D eigenvalue weighted by Crippen LogP contribution is 2.40. The molecule has 0 fully saturated rings. The first kappa shape index (κ1) is 25.5. The third-order valence-corrected chi connectivity index (χ3v) is 6.82. The molecular formula is C24H25F3N2O4S. The van der Waals surface area contributed by atoms with Crippen LogP contribution in [0.3, 0.4) is 0 Å². The zero-order valence-corrected chi connectivity index (χ0v) is 19.8. The normalized spacial score (nSPS) is 14.0. The van der Waals surface area contributed by atoms with E-state index in [0.29, 0.717) is 11.3 Å². The molecule has 0 aliphatic rings. The number of aliphatic hydroxyl groups is 1. The number of carbonyl (C=O) groups excluding carboxylic acids is 1. The van der Waals surface area contributed by atoms with Crippen molar-refractivity contribution in [1.29, 1.82) is 0 Å². The van der Waals surface area contributed by atoms with Crippen molar-refractivity contribution in [2.45, 2.75) is 44.0 Å². The first-order valence-electron chi connectivity index (χ1n) is 10.4. The molecule has 182 valence electrons. The number of carbonyl (C=O) groups is 1. The summed E-state index contributed by atoms with van der Waals surface area (Å²) in [5.74, 6) is -0.577. The zero-order chi connectivity index (χ0) is 25.4. The summed E-state index contributed by atoms with van der Waals surface area (Å²) >= 11 is 0. The van der Waals surface area contributed by atoms with Crippen molar-refractivity contribution in [1.82, 2.24) is 4.57 Å². The van der Waals surface area contributed by atoms with E-state index < -0.39 is 39.6 Å². The highest BCUT2D eigenvalue weighted by molar-refractivity contribution is 7.90. The van der Waals surface area contributed by atoms with Gasteiger partial charge in [-0.3, -0.25) is 4.79 Å². The first-order valence-corrected chi connectivity index (χ1v) is 12.3. The van der Waals surface area contributed by atoms with E-state index in [1.165, 1.54) is 60.2 Å². The number of nitrogens with zero attached hydrogens (tertiary/aromatic N) is 1. The molecule has 0 saturated heterocycles. The van der Waals surface area contributed by atoms with Crippen molar-refractivity contribution in [2.24, 2.45) is 0 Å². The van der Waals surface area contributed by atoms with Gasteiger partial charge in [0.2, 0.25) is 0 Å². The lowest BCUT2D eigenvalue weighted by Gasteiger charge is -2.22. The molecule has 0 saturated carbocycles. The van der Waals surface area contributed by atoms with Crippen LogP contribution in [-0.2, 0) is 16.0 Å². The van der Waals surface area contributed by atoms with Crippen molar-refractivity contribution in [3.63, 3.8) is 0 Å². The summed E-state index contributed by atoms with van der Waals surface area (Å²) < 4.78 is 66.0. The largest absolute Gasteiger partial charge is 0.417 e. The van der Waals surface area contributed by atoms with Gasteiger partial charge in [-0.2, -0.15) is 13.2 Å². The number of hydrogen-bond acceptors (Lipinski definition) is 4. The number of hydrogen-bond donors (Lipinski definition) is 2. The van der Waals surface area contributed by atoms with E-state index in [2.05, 4.69) is 5.32 Å². The fraction of sp³-hybridized carbons (Fsp3) is 0.292. The van der Waals surface area contributed by atoms with Crippen molar-refractivity contribution in [3.8, 4) is 11.3 Å². The molecule has 3 rings (SSSR count). The van der Waals surface area contributed by atoms with Crippen LogP contribution in [0.25, 0.3) is 11.3 Å². The Morgan fingerprint density at radius 3 is 2.18 bits per heavy atom. The second-order valence-corrected chi connectivity index (χ2v) is 10.2. The van der Waals surface area contributed by atoms with Gasteiger partial charge in [0.25, 0.3) is 5.91 Å². The van der Waals surface area contributed by atoms with E-state index >= 15 is 0 Å². The SMILES string of the molecule is Cc1c(C(=O)Nc2ccc(S(C)(=O)=O)cc2)cn([C@H](C)[C@H](C)O)c1-c1ccccc1C(F)(F)F. The monoisotopic (exact) mass is 494 g/mol. The molecule has 0 aliphatic carbocycles. The summed E-state index contributed by atoms with van der Waals surface area (Å²) in [4.78, 5) is 13.1. The number of aliphatic hydroxyl groups excluding tert-OH is 1. The van der Waals surface area contributed by atoms with E-state index in [4.69, 9.17) is 0 Å². The Hall–Kier alpha value is -3.11. The van der Waals surface area contributed by atoms with E-state index in [9.17, 15) is 31.5 Å². The van der Waals surface area contributed by atoms with E-state index in [1.54, 1.807) is 13.8 Å². The van der Waals surface area contributed by atoms with Gasteiger partial charge in [0, 0.05) is 23.7 Å². The van der Waals surface area contributed by atoms with Crippen LogP contribution in [0.1, 0.15) is 41.4 Å². The van der Waals surface area contributed by atoms with Crippen LogP contribution in [0.5, 0.6) is 0 Å². The summed E-state index contributed by atoms with van der Waals surface area (Å²) in [6.45, 7) is 4.72. The minimum absolute atomic E-state index is 0.0876. The van der Waals surface area contributed by atoms with Gasteiger partial charge < -0.3 is 15.0 Å². The molecule has 3 aromatic rings. The third-order valence-electron chi connectivity index (χ3n) is 5.70. The number of rotatable bonds is 6. The Kier molecular flexibility index (Phi) is 6.95. The van der Waals surface area contributed by atoms with Gasteiger partial charge >= 0.3 is 6.18 Å². The van der Waals surface area contributed by atoms with Gasteiger partial charge in [-0.25, -0.2) is 8.42 Å². The Labute approximate surface area is 196 Å². The van der Waals surface area contributed by atoms with Crippen LogP contribution in [0.4, 0.5) is 18.9 Å². The van der Waals surface area contributed by atoms with E-state index in [-0.39, 0.29) is 21.7 Å². The quantitative estimate of drug-likeness (QED) is 0.500. The summed E-state index contributed by atoms with van der Waals surface area (Å²) in [5.41, 5.74) is 0.000471. The minimum Gasteiger partial charge on any atom is -0.391 e. The topological polar surface area (TPSA) is 88.4 Å². The Balaban J connectivity index is 2.10. The average Bonchev–Trinajstić information content (AvgIpc) is 3.09. The highest BCUT2D eigenvalue weighted by atomic mass is 32.2. The second-order valence-electron chi connectivity index (χ2n) is 8.20. The van der Waals surface area contributed by atoms with Gasteiger partial charge in [0.1, 0.15) is 0 Å². The lowest BCUT2D eigenvalue weighted by Crippen LogP contribution is -2.19. The first-order chi connectivity index (χ1) is 15.7. The standard InChI is InChI=1S/C24H25F3N2O4S/c1-14-20(23(31)28-17-9-11-18(12-10-17)34(4,32)33)13-29(15(2)16(3)30)22(14)19-7-5-6-8-21(19)24(25,26)27/h5-13,15-16,30H,1-4H3,(H,28,31)/t15-,16+/m1/s1. The van der Waals surface area contributed by atoms with Crippen molar-refractivity contribution < 1.29 is 31.5 Å². The van der Waals surface area contributed by atoms with Crippen LogP contribution in [-0.4, -0.2) is 36.4 Å². The predicted molar refractivity (Wildman–Crippen MR) is 124 cm³/mol. The molecular weight excluding hydrogens is 469 g/mol. The van der Waals surface area contributed by atoms with Gasteiger partial charge in [-0.1, -0.05) is 18.2 Å². The maximum Gasteiger partial charge on any atom is 0.417 e. The lowest BCUT2D eigenvalue weighted by molar-refractivity contribution is -0.137. The van der Waals surface area contributed by atoms with Crippen molar-refractivity contribution >= 4 is 21.4 Å². The summed E-state index contributed by atoms with van der Waals surface area (Å²) in [5, 5.41) is 12.8. The second kappa shape index (κ2) is 9.27. The van der Waals surface area contributed by atoms with Crippen molar-refractivity contribution in [3.05, 3.63) is 71.4 Å². The summed E-state index contributed by atoms with van der Waals surface area (Å²) in [7, 11) is -3.41. The molecule has 0 aliphatic heterocycles. The molecule has 34 heavy (non-hydrogen) atoms. The van der Waals surface area contributed by atoms with Crippen LogP contribution in [0, 0.1) is 6.92 Å². The number of anilines is 1. The van der Waals surface area contributed by atoms with Crippen LogP contribution in [0.15, 0.2) is 59.6 Å². The molecule has 1 aromatic heterocycles. The molecule has 1 amide bonds. The van der Waals surface area contributed by atoms with Crippen LogP contribution < -0.4 is 5.32 Å². The van der Waals surface area contributed by atoms with Gasteiger partial charge in [-0.05, 0) is 56.7 Å². The van der Waals surface area contributed by atoms with E-state index in [1.807, 2.05) is 0 Å². The maximum atomic E-state index is 13.7. The number of benzene rings is 2. The van der Waals surface area contributed by atoms with Crippen molar-refractivity contribution in [2.75, 3.05) is 11.6 Å². The predicted octanol–water partition coefficient (Wildman–Crippen LogP) is 5.08. The molecule has 2 N–H and O–H groups in total.